The molecule has 3 aromatic rings. The van der Waals surface area contributed by atoms with E-state index in [2.05, 4.69) is 15.5 Å². The SMILES string of the molecule is CCC(=O)OCC(Cc1ccccc1)NC(=O)C(Cc1ccccc1)NC(=O)c1ccc(CN(C)C)cc1. The van der Waals surface area contributed by atoms with Gasteiger partial charge in [-0.15, -0.1) is 0 Å². The van der Waals surface area contributed by atoms with Gasteiger partial charge in [0.1, 0.15) is 12.6 Å². The smallest absolute Gasteiger partial charge is 0.305 e. The van der Waals surface area contributed by atoms with Crippen molar-refractivity contribution in [2.45, 2.75) is 44.8 Å². The van der Waals surface area contributed by atoms with Gasteiger partial charge in [-0.1, -0.05) is 79.7 Å². The molecule has 2 unspecified atom stereocenters. The predicted octanol–water partition coefficient (Wildman–Crippen LogP) is 3.77. The Morgan fingerprint density at radius 1 is 0.763 bits per heavy atom. The van der Waals surface area contributed by atoms with Crippen molar-refractivity contribution in [3.05, 3.63) is 107 Å². The molecule has 0 aromatic heterocycles. The average molecular weight is 516 g/mol. The fraction of sp³-hybridized carbons (Fsp3) is 0.323. The van der Waals surface area contributed by atoms with E-state index in [1.807, 2.05) is 86.9 Å². The van der Waals surface area contributed by atoms with Crippen LogP contribution >= 0.6 is 0 Å². The minimum Gasteiger partial charge on any atom is -0.463 e. The van der Waals surface area contributed by atoms with E-state index >= 15 is 0 Å². The molecule has 3 aromatic carbocycles. The molecule has 0 spiro atoms. The standard InChI is InChI=1S/C31H37N3O4/c1-4-29(35)38-22-27(19-23-11-7-5-8-12-23)32-31(37)28(20-24-13-9-6-10-14-24)33-30(36)26-17-15-25(16-18-26)21-34(2)3/h5-18,27-28H,4,19-22H2,1-3H3,(H,32,37)(H,33,36). The predicted molar refractivity (Wildman–Crippen MR) is 149 cm³/mol. The number of rotatable bonds is 13. The van der Waals surface area contributed by atoms with Crippen molar-refractivity contribution < 1.29 is 19.1 Å². The van der Waals surface area contributed by atoms with Crippen molar-refractivity contribution in [3.8, 4) is 0 Å². The van der Waals surface area contributed by atoms with Gasteiger partial charge in [-0.3, -0.25) is 14.4 Å². The van der Waals surface area contributed by atoms with Crippen LogP contribution in [0, 0.1) is 0 Å². The molecule has 2 amide bonds. The molecule has 7 nitrogen and oxygen atoms in total. The Morgan fingerprint density at radius 2 is 1.34 bits per heavy atom. The van der Waals surface area contributed by atoms with Gasteiger partial charge in [-0.2, -0.15) is 0 Å². The third-order valence-electron chi connectivity index (χ3n) is 6.02. The molecule has 0 bridgehead atoms. The number of benzene rings is 3. The zero-order valence-corrected chi connectivity index (χ0v) is 22.4. The Bertz CT molecular complexity index is 1160. The molecule has 0 saturated heterocycles. The molecule has 200 valence electrons. The van der Waals surface area contributed by atoms with E-state index in [-0.39, 0.29) is 30.8 Å². The Hall–Kier alpha value is -3.97. The van der Waals surface area contributed by atoms with Crippen LogP contribution in [-0.4, -0.2) is 55.5 Å². The summed E-state index contributed by atoms with van der Waals surface area (Å²) in [7, 11) is 3.98. The fourth-order valence-electron chi connectivity index (χ4n) is 4.07. The summed E-state index contributed by atoms with van der Waals surface area (Å²) < 4.78 is 5.37. The topological polar surface area (TPSA) is 87.7 Å². The molecule has 0 aliphatic carbocycles. The highest BCUT2D eigenvalue weighted by Crippen LogP contribution is 2.10. The van der Waals surface area contributed by atoms with E-state index in [1.54, 1.807) is 19.1 Å². The second kappa shape index (κ2) is 14.7. The third-order valence-corrected chi connectivity index (χ3v) is 6.02. The number of nitrogens with one attached hydrogen (secondary N) is 2. The zero-order valence-electron chi connectivity index (χ0n) is 22.4. The Balaban J connectivity index is 1.76. The summed E-state index contributed by atoms with van der Waals surface area (Å²) in [5.74, 6) is -0.987. The molecule has 2 atom stereocenters. The average Bonchev–Trinajstić information content (AvgIpc) is 2.92. The van der Waals surface area contributed by atoms with E-state index < -0.39 is 12.1 Å². The molecule has 7 heteroatoms. The highest BCUT2D eigenvalue weighted by atomic mass is 16.5. The largest absolute Gasteiger partial charge is 0.463 e. The second-order valence-electron chi connectivity index (χ2n) is 9.58. The Kier molecular flexibility index (Phi) is 11.1. The maximum atomic E-state index is 13.5. The van der Waals surface area contributed by atoms with Crippen LogP contribution in [0.1, 0.15) is 40.4 Å². The molecule has 0 aliphatic rings. The van der Waals surface area contributed by atoms with E-state index in [9.17, 15) is 14.4 Å². The van der Waals surface area contributed by atoms with Crippen LogP contribution in [0.2, 0.25) is 0 Å². The van der Waals surface area contributed by atoms with Gasteiger partial charge >= 0.3 is 5.97 Å². The van der Waals surface area contributed by atoms with Gasteiger partial charge in [0.05, 0.1) is 6.04 Å². The molecule has 0 saturated carbocycles. The summed E-state index contributed by atoms with van der Waals surface area (Å²) in [5, 5.41) is 5.93. The fourth-order valence-corrected chi connectivity index (χ4v) is 4.07. The van der Waals surface area contributed by atoms with Gasteiger partial charge in [-0.25, -0.2) is 0 Å². The van der Waals surface area contributed by atoms with Gasteiger partial charge in [0.15, 0.2) is 0 Å². The number of hydrogen-bond donors (Lipinski definition) is 2. The number of carbonyl (C=O) groups is 3. The highest BCUT2D eigenvalue weighted by Gasteiger charge is 2.25. The normalized spacial score (nSPS) is 12.4. The van der Waals surface area contributed by atoms with E-state index in [1.165, 1.54) is 0 Å². The number of esters is 1. The number of carbonyl (C=O) groups excluding carboxylic acids is 3. The lowest BCUT2D eigenvalue weighted by atomic mass is 10.0. The lowest BCUT2D eigenvalue weighted by molar-refractivity contribution is -0.144. The van der Waals surface area contributed by atoms with Crippen LogP contribution < -0.4 is 10.6 Å². The van der Waals surface area contributed by atoms with Crippen LogP contribution in [0.5, 0.6) is 0 Å². The lowest BCUT2D eigenvalue weighted by Crippen LogP contribution is -2.52. The Labute approximate surface area is 225 Å². The van der Waals surface area contributed by atoms with Crippen molar-refractivity contribution >= 4 is 17.8 Å². The molecule has 0 heterocycles. The van der Waals surface area contributed by atoms with Gasteiger partial charge in [0.25, 0.3) is 5.91 Å². The minimum atomic E-state index is -0.813. The van der Waals surface area contributed by atoms with Gasteiger partial charge in [0.2, 0.25) is 5.91 Å². The van der Waals surface area contributed by atoms with Gasteiger partial charge in [-0.05, 0) is 49.3 Å². The third kappa shape index (κ3) is 9.48. The molecule has 0 fully saturated rings. The molecule has 2 N–H and O–H groups in total. The quantitative estimate of drug-likeness (QED) is 0.339. The number of nitrogens with zero attached hydrogens (tertiary/aromatic N) is 1. The Morgan fingerprint density at radius 3 is 1.89 bits per heavy atom. The summed E-state index contributed by atoms with van der Waals surface area (Å²) >= 11 is 0. The van der Waals surface area contributed by atoms with Crippen molar-refractivity contribution in [3.63, 3.8) is 0 Å². The van der Waals surface area contributed by atoms with Gasteiger partial charge in [0, 0.05) is 24.9 Å². The summed E-state index contributed by atoms with van der Waals surface area (Å²) in [6.45, 7) is 2.55. The molecular formula is C31H37N3O4. The van der Waals surface area contributed by atoms with Crippen LogP contribution in [0.3, 0.4) is 0 Å². The lowest BCUT2D eigenvalue weighted by Gasteiger charge is -2.24. The van der Waals surface area contributed by atoms with Crippen molar-refractivity contribution in [1.29, 1.82) is 0 Å². The molecular weight excluding hydrogens is 478 g/mol. The molecule has 3 rings (SSSR count). The van der Waals surface area contributed by atoms with E-state index in [0.717, 1.165) is 23.2 Å². The zero-order chi connectivity index (χ0) is 27.3. The molecule has 38 heavy (non-hydrogen) atoms. The highest BCUT2D eigenvalue weighted by molar-refractivity contribution is 5.97. The first-order valence-corrected chi connectivity index (χ1v) is 12.9. The van der Waals surface area contributed by atoms with Crippen molar-refractivity contribution in [1.82, 2.24) is 15.5 Å². The summed E-state index contributed by atoms with van der Waals surface area (Å²) in [6, 6.07) is 25.4. The van der Waals surface area contributed by atoms with E-state index in [4.69, 9.17) is 4.74 Å². The van der Waals surface area contributed by atoms with E-state index in [0.29, 0.717) is 18.4 Å². The second-order valence-corrected chi connectivity index (χ2v) is 9.58. The summed E-state index contributed by atoms with van der Waals surface area (Å²) in [6.07, 6.45) is 1.07. The molecule has 0 radical (unpaired) electrons. The summed E-state index contributed by atoms with van der Waals surface area (Å²) in [4.78, 5) is 40.6. The maximum Gasteiger partial charge on any atom is 0.305 e. The number of amides is 2. The minimum absolute atomic E-state index is 0.0483. The van der Waals surface area contributed by atoms with Crippen molar-refractivity contribution in [2.24, 2.45) is 0 Å². The molecule has 0 aliphatic heterocycles. The number of ether oxygens (including phenoxy) is 1. The van der Waals surface area contributed by atoms with Crippen LogP contribution in [0.4, 0.5) is 0 Å². The first kappa shape index (κ1) is 28.6. The van der Waals surface area contributed by atoms with Crippen LogP contribution in [0.15, 0.2) is 84.9 Å². The van der Waals surface area contributed by atoms with Crippen molar-refractivity contribution in [2.75, 3.05) is 20.7 Å². The van der Waals surface area contributed by atoms with Crippen LogP contribution in [-0.2, 0) is 33.7 Å². The first-order chi connectivity index (χ1) is 18.3. The first-order valence-electron chi connectivity index (χ1n) is 12.9. The van der Waals surface area contributed by atoms with Gasteiger partial charge < -0.3 is 20.3 Å². The summed E-state index contributed by atoms with van der Waals surface area (Å²) in [5.41, 5.74) is 3.50. The van der Waals surface area contributed by atoms with Crippen LogP contribution in [0.25, 0.3) is 0 Å². The monoisotopic (exact) mass is 515 g/mol. The maximum absolute atomic E-state index is 13.5. The number of hydrogen-bond acceptors (Lipinski definition) is 5.